The molecule has 16 heavy (non-hydrogen) atoms. The van der Waals surface area contributed by atoms with E-state index in [0.29, 0.717) is 6.04 Å². The SMILES string of the molecule is CC[C@@H](O)CN1c2ccccc2SCC1C. The van der Waals surface area contributed by atoms with Gasteiger partial charge in [0.1, 0.15) is 0 Å². The fourth-order valence-electron chi connectivity index (χ4n) is 1.99. The van der Waals surface area contributed by atoms with E-state index in [4.69, 9.17) is 0 Å². The van der Waals surface area contributed by atoms with E-state index < -0.39 is 0 Å². The molecule has 3 heteroatoms. The zero-order valence-corrected chi connectivity index (χ0v) is 10.7. The summed E-state index contributed by atoms with van der Waals surface area (Å²) < 4.78 is 0. The molecule has 0 radical (unpaired) electrons. The molecule has 1 heterocycles. The molecule has 88 valence electrons. The lowest BCUT2D eigenvalue weighted by Gasteiger charge is -2.37. The lowest BCUT2D eigenvalue weighted by atomic mass is 10.2. The molecule has 2 rings (SSSR count). The Balaban J connectivity index is 2.22. The highest BCUT2D eigenvalue weighted by molar-refractivity contribution is 7.99. The van der Waals surface area contributed by atoms with Gasteiger partial charge in [0.25, 0.3) is 0 Å². The van der Waals surface area contributed by atoms with Crippen LogP contribution in [-0.2, 0) is 0 Å². The maximum Gasteiger partial charge on any atom is 0.0712 e. The third kappa shape index (κ3) is 2.36. The summed E-state index contributed by atoms with van der Waals surface area (Å²) in [4.78, 5) is 3.67. The van der Waals surface area contributed by atoms with Crippen LogP contribution in [0.25, 0.3) is 0 Å². The Morgan fingerprint density at radius 2 is 2.25 bits per heavy atom. The van der Waals surface area contributed by atoms with E-state index in [1.54, 1.807) is 0 Å². The second-order valence-corrected chi connectivity index (χ2v) is 5.40. The Labute approximate surface area is 102 Å². The summed E-state index contributed by atoms with van der Waals surface area (Å²) in [6.07, 6.45) is 0.594. The first-order chi connectivity index (χ1) is 7.72. The molecule has 1 aromatic rings. The molecule has 0 aromatic heterocycles. The topological polar surface area (TPSA) is 23.5 Å². The molecular weight excluding hydrogens is 218 g/mol. The normalized spacial score (nSPS) is 21.7. The molecule has 1 unspecified atom stereocenters. The summed E-state index contributed by atoms with van der Waals surface area (Å²) in [5.74, 6) is 1.10. The zero-order valence-electron chi connectivity index (χ0n) is 9.89. The van der Waals surface area contributed by atoms with Gasteiger partial charge in [0, 0.05) is 23.2 Å². The van der Waals surface area contributed by atoms with Gasteiger partial charge in [-0.25, -0.2) is 0 Å². The van der Waals surface area contributed by atoms with Crippen LogP contribution in [0, 0.1) is 0 Å². The average Bonchev–Trinajstić information content (AvgIpc) is 2.32. The fourth-order valence-corrected chi connectivity index (χ4v) is 3.10. The van der Waals surface area contributed by atoms with E-state index in [1.807, 2.05) is 18.7 Å². The van der Waals surface area contributed by atoms with Crippen molar-refractivity contribution in [3.05, 3.63) is 24.3 Å². The summed E-state index contributed by atoms with van der Waals surface area (Å²) >= 11 is 1.91. The van der Waals surface area contributed by atoms with E-state index in [9.17, 15) is 5.11 Å². The van der Waals surface area contributed by atoms with Crippen molar-refractivity contribution in [2.45, 2.75) is 37.3 Å². The molecule has 0 bridgehead atoms. The second kappa shape index (κ2) is 5.11. The van der Waals surface area contributed by atoms with Crippen LogP contribution in [0.3, 0.4) is 0 Å². The quantitative estimate of drug-likeness (QED) is 0.874. The number of hydrogen-bond donors (Lipinski definition) is 1. The number of rotatable bonds is 3. The highest BCUT2D eigenvalue weighted by Gasteiger charge is 2.24. The number of fused-ring (bicyclic) bond motifs is 1. The standard InChI is InChI=1S/C13H19NOS/c1-3-11(15)8-14-10(2)9-16-13-7-5-4-6-12(13)14/h4-7,10-11,15H,3,8-9H2,1-2H3/t10?,11-/m1/s1. The van der Waals surface area contributed by atoms with Gasteiger partial charge in [0.15, 0.2) is 0 Å². The van der Waals surface area contributed by atoms with Gasteiger partial charge in [0.2, 0.25) is 0 Å². The van der Waals surface area contributed by atoms with Crippen LogP contribution in [0.2, 0.25) is 0 Å². The maximum atomic E-state index is 9.81. The van der Waals surface area contributed by atoms with E-state index in [2.05, 4.69) is 36.1 Å². The van der Waals surface area contributed by atoms with Gasteiger partial charge in [-0.3, -0.25) is 0 Å². The number of para-hydroxylation sites is 1. The minimum atomic E-state index is -0.224. The monoisotopic (exact) mass is 237 g/mol. The first kappa shape index (κ1) is 11.8. The summed E-state index contributed by atoms with van der Waals surface area (Å²) in [6, 6.07) is 8.97. The molecule has 0 spiro atoms. The highest BCUT2D eigenvalue weighted by Crippen LogP contribution is 2.37. The van der Waals surface area contributed by atoms with Gasteiger partial charge in [0.05, 0.1) is 11.8 Å². The van der Waals surface area contributed by atoms with Crippen molar-refractivity contribution in [1.82, 2.24) is 0 Å². The van der Waals surface area contributed by atoms with Gasteiger partial charge in [-0.15, -0.1) is 11.8 Å². The first-order valence-corrected chi connectivity index (χ1v) is 6.87. The summed E-state index contributed by atoms with van der Waals surface area (Å²) in [5.41, 5.74) is 1.28. The number of hydrogen-bond acceptors (Lipinski definition) is 3. The van der Waals surface area contributed by atoms with Gasteiger partial charge in [-0.2, -0.15) is 0 Å². The van der Waals surface area contributed by atoms with Crippen molar-refractivity contribution >= 4 is 17.4 Å². The van der Waals surface area contributed by atoms with Crippen molar-refractivity contribution in [1.29, 1.82) is 0 Å². The summed E-state index contributed by atoms with van der Waals surface area (Å²) in [7, 11) is 0. The van der Waals surface area contributed by atoms with Crippen LogP contribution >= 0.6 is 11.8 Å². The van der Waals surface area contributed by atoms with Crippen molar-refractivity contribution in [2.24, 2.45) is 0 Å². The van der Waals surface area contributed by atoms with Gasteiger partial charge < -0.3 is 10.0 Å². The highest BCUT2D eigenvalue weighted by atomic mass is 32.2. The van der Waals surface area contributed by atoms with Crippen LogP contribution in [0.1, 0.15) is 20.3 Å². The molecule has 2 nitrogen and oxygen atoms in total. The largest absolute Gasteiger partial charge is 0.391 e. The molecule has 0 aliphatic carbocycles. The minimum absolute atomic E-state index is 0.224. The van der Waals surface area contributed by atoms with Crippen molar-refractivity contribution in [2.75, 3.05) is 17.2 Å². The van der Waals surface area contributed by atoms with Crippen LogP contribution < -0.4 is 4.90 Å². The molecule has 0 saturated heterocycles. The van der Waals surface area contributed by atoms with Gasteiger partial charge in [-0.05, 0) is 25.5 Å². The second-order valence-electron chi connectivity index (χ2n) is 4.34. The molecule has 1 aliphatic rings. The van der Waals surface area contributed by atoms with Gasteiger partial charge >= 0.3 is 0 Å². The van der Waals surface area contributed by atoms with E-state index in [1.165, 1.54) is 10.6 Å². The summed E-state index contributed by atoms with van der Waals surface area (Å²) in [5, 5.41) is 9.81. The molecule has 1 aromatic carbocycles. The smallest absolute Gasteiger partial charge is 0.0712 e. The number of β-amino-alcohol motifs (C(OH)–C–C–N with tert-alkyl or cyclic N) is 1. The molecule has 0 fully saturated rings. The number of nitrogens with zero attached hydrogens (tertiary/aromatic N) is 1. The predicted octanol–water partition coefficient (Wildman–Crippen LogP) is 2.76. The van der Waals surface area contributed by atoms with Gasteiger partial charge in [-0.1, -0.05) is 19.1 Å². The maximum absolute atomic E-state index is 9.81. The predicted molar refractivity (Wildman–Crippen MR) is 70.3 cm³/mol. The zero-order chi connectivity index (χ0) is 11.5. The number of benzene rings is 1. The molecule has 2 atom stereocenters. The summed E-state index contributed by atoms with van der Waals surface area (Å²) in [6.45, 7) is 5.00. The number of anilines is 1. The van der Waals surface area contributed by atoms with Crippen LogP contribution in [0.5, 0.6) is 0 Å². The van der Waals surface area contributed by atoms with Crippen molar-refractivity contribution in [3.8, 4) is 0 Å². The van der Waals surface area contributed by atoms with Crippen LogP contribution in [0.15, 0.2) is 29.2 Å². The Kier molecular flexibility index (Phi) is 3.77. The average molecular weight is 237 g/mol. The van der Waals surface area contributed by atoms with Crippen LogP contribution in [-0.4, -0.2) is 29.5 Å². The molecule has 1 aliphatic heterocycles. The molecule has 0 saturated carbocycles. The third-order valence-electron chi connectivity index (χ3n) is 3.07. The van der Waals surface area contributed by atoms with E-state index >= 15 is 0 Å². The molecule has 0 amide bonds. The Hall–Kier alpha value is -0.670. The number of aliphatic hydroxyl groups excluding tert-OH is 1. The Bertz CT molecular complexity index is 356. The first-order valence-electron chi connectivity index (χ1n) is 5.89. The molecule has 1 N–H and O–H groups in total. The molecular formula is C13H19NOS. The Morgan fingerprint density at radius 1 is 1.50 bits per heavy atom. The van der Waals surface area contributed by atoms with E-state index in [0.717, 1.165) is 18.7 Å². The van der Waals surface area contributed by atoms with E-state index in [-0.39, 0.29) is 6.10 Å². The fraction of sp³-hybridized carbons (Fsp3) is 0.538. The lowest BCUT2D eigenvalue weighted by molar-refractivity contribution is 0.173. The number of aliphatic hydroxyl groups is 1. The minimum Gasteiger partial charge on any atom is -0.391 e. The van der Waals surface area contributed by atoms with Crippen molar-refractivity contribution in [3.63, 3.8) is 0 Å². The lowest BCUT2D eigenvalue weighted by Crippen LogP contribution is -2.42. The van der Waals surface area contributed by atoms with Crippen LogP contribution in [0.4, 0.5) is 5.69 Å². The Morgan fingerprint density at radius 3 is 3.00 bits per heavy atom. The number of thioether (sulfide) groups is 1. The third-order valence-corrected chi connectivity index (χ3v) is 4.37. The van der Waals surface area contributed by atoms with Crippen molar-refractivity contribution < 1.29 is 5.11 Å².